The lowest BCUT2D eigenvalue weighted by molar-refractivity contribution is 0.0341. The van der Waals surface area contributed by atoms with E-state index in [1.54, 1.807) is 0 Å². The predicted molar refractivity (Wildman–Crippen MR) is 126 cm³/mol. The third kappa shape index (κ3) is 7.48. The summed E-state index contributed by atoms with van der Waals surface area (Å²) in [6.07, 6.45) is 0. The Morgan fingerprint density at radius 3 is 2.50 bits per heavy atom. The first kappa shape index (κ1) is 24.5. The molecule has 0 bridgehead atoms. The Kier molecular flexibility index (Phi) is 10.5. The van der Waals surface area contributed by atoms with E-state index in [0.717, 1.165) is 45.0 Å². The van der Waals surface area contributed by atoms with Gasteiger partial charge in [0, 0.05) is 38.3 Å². The van der Waals surface area contributed by atoms with Crippen LogP contribution in [0.15, 0.2) is 47.5 Å². The fourth-order valence-corrected chi connectivity index (χ4v) is 3.23. The van der Waals surface area contributed by atoms with Crippen LogP contribution < -0.4 is 10.6 Å². The van der Waals surface area contributed by atoms with Crippen molar-refractivity contribution in [2.75, 3.05) is 32.8 Å². The van der Waals surface area contributed by atoms with Crippen LogP contribution in [0.3, 0.4) is 0 Å². The molecule has 0 saturated carbocycles. The average molecular weight is 530 g/mol. The van der Waals surface area contributed by atoms with E-state index in [2.05, 4.69) is 32.7 Å². The highest BCUT2D eigenvalue weighted by atomic mass is 127. The zero-order chi connectivity index (χ0) is 20.5. The van der Waals surface area contributed by atoms with Gasteiger partial charge in [-0.25, -0.2) is 13.8 Å². The van der Waals surface area contributed by atoms with Crippen molar-refractivity contribution in [2.45, 2.75) is 26.6 Å². The van der Waals surface area contributed by atoms with E-state index in [9.17, 15) is 8.78 Å². The van der Waals surface area contributed by atoms with E-state index < -0.39 is 11.6 Å². The summed E-state index contributed by atoms with van der Waals surface area (Å²) in [5.41, 5.74) is 2.67. The van der Waals surface area contributed by atoms with Crippen molar-refractivity contribution in [1.82, 2.24) is 15.5 Å². The van der Waals surface area contributed by atoms with Crippen LogP contribution in [-0.2, 0) is 24.4 Å². The van der Waals surface area contributed by atoms with Gasteiger partial charge in [0.25, 0.3) is 0 Å². The van der Waals surface area contributed by atoms with Gasteiger partial charge in [0.1, 0.15) is 11.6 Å². The maximum atomic E-state index is 13.8. The molecule has 2 aromatic rings. The predicted octanol–water partition coefficient (Wildman–Crippen LogP) is 3.67. The van der Waals surface area contributed by atoms with Gasteiger partial charge in [-0.15, -0.1) is 24.0 Å². The summed E-state index contributed by atoms with van der Waals surface area (Å²) < 4.78 is 32.6. The molecule has 5 nitrogen and oxygen atoms in total. The van der Waals surface area contributed by atoms with Gasteiger partial charge in [-0.05, 0) is 36.2 Å². The number of ether oxygens (including phenoxy) is 1. The normalized spacial score (nSPS) is 14.8. The third-order valence-electron chi connectivity index (χ3n) is 4.82. The van der Waals surface area contributed by atoms with E-state index in [1.165, 1.54) is 17.2 Å². The van der Waals surface area contributed by atoms with Crippen LogP contribution >= 0.6 is 24.0 Å². The van der Waals surface area contributed by atoms with E-state index >= 15 is 0 Å². The molecule has 0 atom stereocenters. The number of aliphatic imine (C=N–C) groups is 1. The van der Waals surface area contributed by atoms with E-state index in [1.807, 2.05) is 19.1 Å². The molecule has 1 aliphatic heterocycles. The lowest BCUT2D eigenvalue weighted by Gasteiger charge is -2.27. The third-order valence-corrected chi connectivity index (χ3v) is 4.82. The molecule has 164 valence electrons. The minimum Gasteiger partial charge on any atom is -0.379 e. The first-order chi connectivity index (χ1) is 14.2. The number of hydrogen-bond donors (Lipinski definition) is 2. The van der Waals surface area contributed by atoms with Gasteiger partial charge in [0.2, 0.25) is 0 Å². The highest BCUT2D eigenvalue weighted by Crippen LogP contribution is 2.13. The largest absolute Gasteiger partial charge is 0.379 e. The summed E-state index contributed by atoms with van der Waals surface area (Å²) >= 11 is 0. The zero-order valence-electron chi connectivity index (χ0n) is 17.2. The van der Waals surface area contributed by atoms with Crippen molar-refractivity contribution in [3.8, 4) is 0 Å². The maximum absolute atomic E-state index is 13.8. The number of benzene rings is 2. The van der Waals surface area contributed by atoms with Crippen LogP contribution in [0.1, 0.15) is 23.6 Å². The van der Waals surface area contributed by atoms with Crippen LogP contribution in [0.2, 0.25) is 0 Å². The second-order valence-electron chi connectivity index (χ2n) is 6.94. The van der Waals surface area contributed by atoms with Gasteiger partial charge >= 0.3 is 0 Å². The van der Waals surface area contributed by atoms with Gasteiger partial charge in [-0.2, -0.15) is 0 Å². The van der Waals surface area contributed by atoms with Crippen molar-refractivity contribution >= 4 is 29.9 Å². The Morgan fingerprint density at radius 2 is 1.77 bits per heavy atom. The Morgan fingerprint density at radius 1 is 1.03 bits per heavy atom. The summed E-state index contributed by atoms with van der Waals surface area (Å²) in [7, 11) is 0. The fourth-order valence-electron chi connectivity index (χ4n) is 3.23. The van der Waals surface area contributed by atoms with E-state index in [4.69, 9.17) is 4.74 Å². The molecule has 0 aromatic heterocycles. The van der Waals surface area contributed by atoms with Crippen LogP contribution in [-0.4, -0.2) is 43.7 Å². The molecule has 0 spiro atoms. The molecule has 1 aliphatic rings. The first-order valence-corrected chi connectivity index (χ1v) is 9.98. The highest BCUT2D eigenvalue weighted by Gasteiger charge is 2.13. The lowest BCUT2D eigenvalue weighted by atomic mass is 10.1. The number of hydrogen-bond acceptors (Lipinski definition) is 3. The molecular weight excluding hydrogens is 501 g/mol. The Hall–Kier alpha value is -1.78. The average Bonchev–Trinajstić information content (AvgIpc) is 2.74. The van der Waals surface area contributed by atoms with Crippen molar-refractivity contribution in [3.63, 3.8) is 0 Å². The molecule has 0 aliphatic carbocycles. The number of guanidine groups is 1. The molecule has 30 heavy (non-hydrogen) atoms. The van der Waals surface area contributed by atoms with Crippen molar-refractivity contribution in [3.05, 3.63) is 70.8 Å². The second kappa shape index (κ2) is 12.8. The van der Waals surface area contributed by atoms with Crippen LogP contribution in [0.4, 0.5) is 8.78 Å². The Labute approximate surface area is 193 Å². The fraction of sp³-hybridized carbons (Fsp3) is 0.409. The van der Waals surface area contributed by atoms with Crippen molar-refractivity contribution in [1.29, 1.82) is 0 Å². The molecule has 0 amide bonds. The monoisotopic (exact) mass is 530 g/mol. The maximum Gasteiger partial charge on any atom is 0.191 e. The van der Waals surface area contributed by atoms with E-state index in [0.29, 0.717) is 19.0 Å². The van der Waals surface area contributed by atoms with Gasteiger partial charge in [-0.1, -0.05) is 24.3 Å². The molecule has 1 heterocycles. The van der Waals surface area contributed by atoms with Gasteiger partial charge in [-0.3, -0.25) is 4.90 Å². The number of nitrogens with zero attached hydrogens (tertiary/aromatic N) is 2. The summed E-state index contributed by atoms with van der Waals surface area (Å²) in [5, 5.41) is 6.45. The first-order valence-electron chi connectivity index (χ1n) is 9.98. The molecule has 1 fully saturated rings. The minimum atomic E-state index is -0.466. The Balaban J connectivity index is 0.00000320. The molecular formula is C22H29F2IN4O. The SMILES string of the molecule is CCNC(=NCc1cc(F)ccc1F)NCc1ccccc1CN1CCOCC1.I. The number of halogens is 3. The van der Waals surface area contributed by atoms with Gasteiger partial charge in [0.05, 0.1) is 19.8 Å². The molecule has 0 radical (unpaired) electrons. The van der Waals surface area contributed by atoms with E-state index in [-0.39, 0.29) is 36.1 Å². The van der Waals surface area contributed by atoms with Crippen LogP contribution in [0.5, 0.6) is 0 Å². The molecule has 8 heteroatoms. The summed E-state index contributed by atoms with van der Waals surface area (Å²) in [5.74, 6) is -0.356. The second-order valence-corrected chi connectivity index (χ2v) is 6.94. The number of nitrogens with one attached hydrogen (secondary N) is 2. The van der Waals surface area contributed by atoms with Crippen molar-refractivity contribution < 1.29 is 13.5 Å². The molecule has 2 N–H and O–H groups in total. The summed E-state index contributed by atoms with van der Waals surface area (Å²) in [4.78, 5) is 6.79. The number of rotatable bonds is 7. The summed E-state index contributed by atoms with van der Waals surface area (Å²) in [6, 6.07) is 11.7. The molecule has 2 aromatic carbocycles. The summed E-state index contributed by atoms with van der Waals surface area (Å²) in [6.45, 7) is 7.59. The lowest BCUT2D eigenvalue weighted by Crippen LogP contribution is -2.38. The molecule has 3 rings (SSSR count). The standard InChI is InChI=1S/C22H28F2N4O.HI/c1-2-25-22(27-15-19-13-20(23)7-8-21(19)24)26-14-17-5-3-4-6-18(17)16-28-9-11-29-12-10-28;/h3-8,13H,2,9-12,14-16H2,1H3,(H2,25,26,27);1H. The smallest absolute Gasteiger partial charge is 0.191 e. The van der Waals surface area contributed by atoms with Crippen molar-refractivity contribution in [2.24, 2.45) is 4.99 Å². The minimum absolute atomic E-state index is 0. The van der Waals surface area contributed by atoms with Gasteiger partial charge in [0.15, 0.2) is 5.96 Å². The zero-order valence-corrected chi connectivity index (χ0v) is 19.5. The van der Waals surface area contributed by atoms with Gasteiger partial charge < -0.3 is 15.4 Å². The Bertz CT molecular complexity index is 829. The molecule has 0 unspecified atom stereocenters. The topological polar surface area (TPSA) is 48.9 Å². The molecule has 1 saturated heterocycles. The number of morpholine rings is 1. The van der Waals surface area contributed by atoms with Crippen LogP contribution in [0.25, 0.3) is 0 Å². The highest BCUT2D eigenvalue weighted by molar-refractivity contribution is 14.0. The quantitative estimate of drug-likeness (QED) is 0.326. The van der Waals surface area contributed by atoms with Crippen LogP contribution in [0, 0.1) is 11.6 Å².